The SMILES string of the molecule is CCC(O)CNCCCCCCO. The van der Waals surface area contributed by atoms with Crippen LogP contribution < -0.4 is 5.32 Å². The van der Waals surface area contributed by atoms with E-state index in [1.807, 2.05) is 6.92 Å². The first-order valence-corrected chi connectivity index (χ1v) is 5.31. The molecule has 1 unspecified atom stereocenters. The molecule has 0 aromatic rings. The minimum atomic E-state index is -0.197. The van der Waals surface area contributed by atoms with E-state index >= 15 is 0 Å². The van der Waals surface area contributed by atoms with E-state index in [4.69, 9.17) is 5.11 Å². The van der Waals surface area contributed by atoms with E-state index in [2.05, 4.69) is 5.32 Å². The maximum Gasteiger partial charge on any atom is 0.0662 e. The van der Waals surface area contributed by atoms with Crippen molar-refractivity contribution in [2.45, 2.75) is 45.1 Å². The number of aliphatic hydroxyl groups excluding tert-OH is 2. The molecule has 0 amide bonds. The lowest BCUT2D eigenvalue weighted by molar-refractivity contribution is 0.167. The number of nitrogens with one attached hydrogen (secondary N) is 1. The van der Waals surface area contributed by atoms with Gasteiger partial charge in [-0.1, -0.05) is 19.8 Å². The first-order valence-electron chi connectivity index (χ1n) is 5.31. The predicted molar refractivity (Wildman–Crippen MR) is 54.7 cm³/mol. The van der Waals surface area contributed by atoms with Crippen molar-refractivity contribution < 1.29 is 10.2 Å². The number of aliphatic hydroxyl groups is 2. The summed E-state index contributed by atoms with van der Waals surface area (Å²) < 4.78 is 0. The third-order valence-electron chi connectivity index (χ3n) is 2.11. The van der Waals surface area contributed by atoms with Gasteiger partial charge in [0, 0.05) is 13.2 Å². The summed E-state index contributed by atoms with van der Waals surface area (Å²) in [5.74, 6) is 0. The molecule has 0 saturated carbocycles. The van der Waals surface area contributed by atoms with E-state index in [0.717, 1.165) is 38.6 Å². The van der Waals surface area contributed by atoms with Gasteiger partial charge in [-0.15, -0.1) is 0 Å². The highest BCUT2D eigenvalue weighted by Gasteiger charge is 1.97. The fourth-order valence-corrected chi connectivity index (χ4v) is 1.13. The van der Waals surface area contributed by atoms with Crippen LogP contribution in [-0.2, 0) is 0 Å². The minimum absolute atomic E-state index is 0.197. The Hall–Kier alpha value is -0.120. The summed E-state index contributed by atoms with van der Waals surface area (Å²) in [6, 6.07) is 0. The lowest BCUT2D eigenvalue weighted by Crippen LogP contribution is -2.26. The van der Waals surface area contributed by atoms with Gasteiger partial charge < -0.3 is 15.5 Å². The van der Waals surface area contributed by atoms with Gasteiger partial charge in [-0.3, -0.25) is 0 Å². The molecule has 0 bridgehead atoms. The van der Waals surface area contributed by atoms with Crippen LogP contribution in [0.15, 0.2) is 0 Å². The minimum Gasteiger partial charge on any atom is -0.396 e. The largest absolute Gasteiger partial charge is 0.396 e. The fourth-order valence-electron chi connectivity index (χ4n) is 1.13. The zero-order valence-electron chi connectivity index (χ0n) is 8.63. The average Bonchev–Trinajstić information content (AvgIpc) is 2.16. The monoisotopic (exact) mass is 189 g/mol. The van der Waals surface area contributed by atoms with Crippen molar-refractivity contribution in [3.8, 4) is 0 Å². The molecule has 0 spiro atoms. The number of hydrogen-bond donors (Lipinski definition) is 3. The zero-order chi connectivity index (χ0) is 9.94. The van der Waals surface area contributed by atoms with Crippen molar-refractivity contribution in [2.75, 3.05) is 19.7 Å². The van der Waals surface area contributed by atoms with Gasteiger partial charge >= 0.3 is 0 Å². The molecule has 3 heteroatoms. The summed E-state index contributed by atoms with van der Waals surface area (Å²) in [6.45, 7) is 3.97. The molecular weight excluding hydrogens is 166 g/mol. The summed E-state index contributed by atoms with van der Waals surface area (Å²) in [5, 5.41) is 20.9. The first kappa shape index (κ1) is 12.9. The molecule has 3 nitrogen and oxygen atoms in total. The first-order chi connectivity index (χ1) is 6.31. The number of rotatable bonds is 9. The maximum absolute atomic E-state index is 9.20. The van der Waals surface area contributed by atoms with E-state index in [9.17, 15) is 5.11 Å². The van der Waals surface area contributed by atoms with Gasteiger partial charge in [-0.2, -0.15) is 0 Å². The van der Waals surface area contributed by atoms with Gasteiger partial charge in [-0.05, 0) is 25.8 Å². The van der Waals surface area contributed by atoms with Crippen molar-refractivity contribution >= 4 is 0 Å². The summed E-state index contributed by atoms with van der Waals surface area (Å²) in [6.07, 6.45) is 4.94. The molecule has 0 aliphatic rings. The van der Waals surface area contributed by atoms with Crippen LogP contribution in [-0.4, -0.2) is 36.0 Å². The van der Waals surface area contributed by atoms with Crippen LogP contribution in [0, 0.1) is 0 Å². The average molecular weight is 189 g/mol. The van der Waals surface area contributed by atoms with Crippen LogP contribution >= 0.6 is 0 Å². The van der Waals surface area contributed by atoms with Crippen molar-refractivity contribution in [3.63, 3.8) is 0 Å². The Balaban J connectivity index is 2.91. The van der Waals surface area contributed by atoms with Crippen LogP contribution in [0.5, 0.6) is 0 Å². The standard InChI is InChI=1S/C10H23NO2/c1-2-10(13)9-11-7-5-3-4-6-8-12/h10-13H,2-9H2,1H3. The van der Waals surface area contributed by atoms with Gasteiger partial charge in [-0.25, -0.2) is 0 Å². The molecule has 3 N–H and O–H groups in total. The maximum atomic E-state index is 9.20. The third kappa shape index (κ3) is 9.80. The number of unbranched alkanes of at least 4 members (excludes halogenated alkanes) is 3. The topological polar surface area (TPSA) is 52.5 Å². The second-order valence-electron chi connectivity index (χ2n) is 3.40. The molecule has 0 aliphatic carbocycles. The van der Waals surface area contributed by atoms with Crippen molar-refractivity contribution in [1.82, 2.24) is 5.32 Å². The van der Waals surface area contributed by atoms with E-state index < -0.39 is 0 Å². The van der Waals surface area contributed by atoms with Gasteiger partial charge in [0.2, 0.25) is 0 Å². The van der Waals surface area contributed by atoms with E-state index in [1.54, 1.807) is 0 Å². The smallest absolute Gasteiger partial charge is 0.0662 e. The highest BCUT2D eigenvalue weighted by molar-refractivity contribution is 4.56. The summed E-state index contributed by atoms with van der Waals surface area (Å²) in [4.78, 5) is 0. The highest BCUT2D eigenvalue weighted by atomic mass is 16.3. The molecular formula is C10H23NO2. The molecule has 13 heavy (non-hydrogen) atoms. The summed E-state index contributed by atoms with van der Waals surface area (Å²) in [5.41, 5.74) is 0. The Morgan fingerprint density at radius 3 is 2.46 bits per heavy atom. The molecule has 0 aromatic heterocycles. The Kier molecular flexibility index (Phi) is 9.87. The normalized spacial score (nSPS) is 13.2. The van der Waals surface area contributed by atoms with E-state index in [0.29, 0.717) is 13.2 Å². The Labute approximate surface area is 81.2 Å². The Morgan fingerprint density at radius 2 is 1.85 bits per heavy atom. The van der Waals surface area contributed by atoms with Crippen molar-refractivity contribution in [2.24, 2.45) is 0 Å². The third-order valence-corrected chi connectivity index (χ3v) is 2.11. The zero-order valence-corrected chi connectivity index (χ0v) is 8.63. The van der Waals surface area contributed by atoms with Crippen LogP contribution in [0.1, 0.15) is 39.0 Å². The molecule has 0 aliphatic heterocycles. The fraction of sp³-hybridized carbons (Fsp3) is 1.00. The Morgan fingerprint density at radius 1 is 1.15 bits per heavy atom. The number of hydrogen-bond acceptors (Lipinski definition) is 3. The highest BCUT2D eigenvalue weighted by Crippen LogP contribution is 1.97. The molecule has 0 aromatic carbocycles. The van der Waals surface area contributed by atoms with Crippen LogP contribution in [0.25, 0.3) is 0 Å². The molecule has 0 heterocycles. The molecule has 0 fully saturated rings. The van der Waals surface area contributed by atoms with Gasteiger partial charge in [0.25, 0.3) is 0 Å². The van der Waals surface area contributed by atoms with Crippen LogP contribution in [0.2, 0.25) is 0 Å². The lowest BCUT2D eigenvalue weighted by atomic mass is 10.2. The second-order valence-corrected chi connectivity index (χ2v) is 3.40. The molecule has 1 atom stereocenters. The predicted octanol–water partition coefficient (Wildman–Crippen LogP) is 0.900. The van der Waals surface area contributed by atoms with Gasteiger partial charge in [0.15, 0.2) is 0 Å². The van der Waals surface area contributed by atoms with Crippen LogP contribution in [0.3, 0.4) is 0 Å². The van der Waals surface area contributed by atoms with Crippen molar-refractivity contribution in [1.29, 1.82) is 0 Å². The van der Waals surface area contributed by atoms with E-state index in [-0.39, 0.29) is 6.10 Å². The Bertz CT molecular complexity index is 98.9. The van der Waals surface area contributed by atoms with Crippen molar-refractivity contribution in [3.05, 3.63) is 0 Å². The van der Waals surface area contributed by atoms with Gasteiger partial charge in [0.05, 0.1) is 6.10 Å². The summed E-state index contributed by atoms with van der Waals surface area (Å²) in [7, 11) is 0. The van der Waals surface area contributed by atoms with E-state index in [1.165, 1.54) is 0 Å². The lowest BCUT2D eigenvalue weighted by Gasteiger charge is -2.08. The molecule has 0 radical (unpaired) electrons. The van der Waals surface area contributed by atoms with Gasteiger partial charge in [0.1, 0.15) is 0 Å². The molecule has 80 valence electrons. The second kappa shape index (κ2) is 9.96. The molecule has 0 rings (SSSR count). The quantitative estimate of drug-likeness (QED) is 0.472. The molecule has 0 saturated heterocycles. The van der Waals surface area contributed by atoms with Crippen LogP contribution in [0.4, 0.5) is 0 Å². The summed E-state index contributed by atoms with van der Waals surface area (Å²) >= 11 is 0.